The first kappa shape index (κ1) is 16.9. The number of carbonyl (C=O) groups is 1. The van der Waals surface area contributed by atoms with Crippen LogP contribution in [0.2, 0.25) is 0 Å². The molecular weight excluding hydrogens is 332 g/mol. The fourth-order valence-electron chi connectivity index (χ4n) is 2.87. The van der Waals surface area contributed by atoms with Gasteiger partial charge in [-0.2, -0.15) is 5.26 Å². The van der Waals surface area contributed by atoms with E-state index in [1.165, 1.54) is 11.3 Å². The van der Waals surface area contributed by atoms with Crippen LogP contribution >= 0.6 is 11.3 Å². The average Bonchev–Trinajstić information content (AvgIpc) is 2.91. The third-order valence-corrected chi connectivity index (χ3v) is 5.07. The second-order valence-corrected chi connectivity index (χ2v) is 7.28. The number of fused-ring (bicyclic) bond motifs is 1. The van der Waals surface area contributed by atoms with Crippen molar-refractivity contribution in [1.82, 2.24) is 4.98 Å². The summed E-state index contributed by atoms with van der Waals surface area (Å²) in [5.41, 5.74) is 14.4. The fourth-order valence-corrected chi connectivity index (χ4v) is 3.97. The highest BCUT2D eigenvalue weighted by Gasteiger charge is 2.24. The number of nitrogens with zero attached hydrogens (tertiary/aromatic N) is 2. The van der Waals surface area contributed by atoms with E-state index in [0.717, 1.165) is 5.56 Å². The fraction of sp³-hybridized carbons (Fsp3) is 0.211. The van der Waals surface area contributed by atoms with Crippen molar-refractivity contribution >= 4 is 38.8 Å². The number of anilines is 2. The van der Waals surface area contributed by atoms with Crippen LogP contribution in [0, 0.1) is 17.2 Å². The van der Waals surface area contributed by atoms with Gasteiger partial charge in [0, 0.05) is 10.9 Å². The normalized spacial score (nSPS) is 11.0. The number of hydrogen-bond acceptors (Lipinski definition) is 6. The van der Waals surface area contributed by atoms with Crippen molar-refractivity contribution in [2.24, 2.45) is 5.92 Å². The predicted molar refractivity (Wildman–Crippen MR) is 102 cm³/mol. The van der Waals surface area contributed by atoms with E-state index >= 15 is 0 Å². The van der Waals surface area contributed by atoms with Crippen molar-refractivity contribution in [3.63, 3.8) is 0 Å². The van der Waals surface area contributed by atoms with Gasteiger partial charge in [-0.1, -0.05) is 44.2 Å². The molecule has 3 aromatic rings. The van der Waals surface area contributed by atoms with Crippen molar-refractivity contribution in [3.8, 4) is 6.07 Å². The number of thiophene rings is 1. The van der Waals surface area contributed by atoms with Crippen LogP contribution in [0.4, 0.5) is 11.5 Å². The molecule has 5 nitrogen and oxygen atoms in total. The van der Waals surface area contributed by atoms with E-state index in [1.807, 2.05) is 18.2 Å². The SMILES string of the molecule is CC(C)Cc1c(C#N)c(N)nc2sc(C(=O)c3ccccc3)c(N)c12. The third-order valence-electron chi connectivity index (χ3n) is 3.97. The Morgan fingerprint density at radius 1 is 1.28 bits per heavy atom. The molecule has 4 N–H and O–H groups in total. The maximum absolute atomic E-state index is 12.8. The van der Waals surface area contributed by atoms with Gasteiger partial charge in [-0.3, -0.25) is 4.79 Å². The quantitative estimate of drug-likeness (QED) is 0.697. The summed E-state index contributed by atoms with van der Waals surface area (Å²) in [6.07, 6.45) is 0.645. The zero-order valence-electron chi connectivity index (χ0n) is 14.0. The first-order chi connectivity index (χ1) is 11.9. The Labute approximate surface area is 149 Å². The smallest absolute Gasteiger partial charge is 0.205 e. The molecule has 25 heavy (non-hydrogen) atoms. The number of nitriles is 1. The Bertz CT molecular complexity index is 1000. The van der Waals surface area contributed by atoms with Crippen molar-refractivity contribution in [3.05, 3.63) is 51.9 Å². The minimum atomic E-state index is -0.145. The maximum atomic E-state index is 12.8. The highest BCUT2D eigenvalue weighted by Crippen LogP contribution is 2.39. The number of carbonyl (C=O) groups excluding carboxylic acids is 1. The lowest BCUT2D eigenvalue weighted by Gasteiger charge is -2.11. The van der Waals surface area contributed by atoms with E-state index in [0.29, 0.717) is 44.2 Å². The lowest BCUT2D eigenvalue weighted by molar-refractivity contribution is 0.104. The van der Waals surface area contributed by atoms with E-state index < -0.39 is 0 Å². The monoisotopic (exact) mass is 350 g/mol. The summed E-state index contributed by atoms with van der Waals surface area (Å²) in [6, 6.07) is 11.1. The topological polar surface area (TPSA) is 106 Å². The van der Waals surface area contributed by atoms with Crippen LogP contribution in [0.3, 0.4) is 0 Å². The molecule has 0 amide bonds. The molecule has 0 unspecified atom stereocenters. The molecule has 0 saturated carbocycles. The van der Waals surface area contributed by atoms with Crippen LogP contribution in [-0.4, -0.2) is 10.8 Å². The first-order valence-electron chi connectivity index (χ1n) is 7.94. The largest absolute Gasteiger partial charge is 0.397 e. The molecule has 3 rings (SSSR count). The lowest BCUT2D eigenvalue weighted by atomic mass is 9.95. The molecule has 6 heteroatoms. The van der Waals surface area contributed by atoms with E-state index in [-0.39, 0.29) is 11.6 Å². The number of ketones is 1. The number of nitrogens with two attached hydrogens (primary N) is 2. The number of hydrogen-bond donors (Lipinski definition) is 2. The average molecular weight is 350 g/mol. The molecule has 2 heterocycles. The molecule has 0 aliphatic heterocycles. The lowest BCUT2D eigenvalue weighted by Crippen LogP contribution is -2.05. The highest BCUT2D eigenvalue weighted by atomic mass is 32.1. The van der Waals surface area contributed by atoms with Gasteiger partial charge in [-0.05, 0) is 17.9 Å². The predicted octanol–water partition coefficient (Wildman–Crippen LogP) is 3.76. The number of aromatic nitrogens is 1. The summed E-state index contributed by atoms with van der Waals surface area (Å²) >= 11 is 1.23. The molecule has 0 spiro atoms. The van der Waals surface area contributed by atoms with Crippen LogP contribution < -0.4 is 11.5 Å². The Balaban J connectivity index is 2.27. The molecule has 0 saturated heterocycles. The molecule has 0 atom stereocenters. The van der Waals surface area contributed by atoms with Crippen molar-refractivity contribution in [2.75, 3.05) is 11.5 Å². The molecule has 126 valence electrons. The molecular formula is C19H18N4OS. The molecule has 0 aliphatic rings. The summed E-state index contributed by atoms with van der Waals surface area (Å²) in [7, 11) is 0. The summed E-state index contributed by atoms with van der Waals surface area (Å²) in [5, 5.41) is 10.2. The van der Waals surface area contributed by atoms with Gasteiger partial charge < -0.3 is 11.5 Å². The third kappa shape index (κ3) is 2.94. The van der Waals surface area contributed by atoms with E-state index in [9.17, 15) is 10.1 Å². The Kier molecular flexibility index (Phi) is 4.43. The van der Waals surface area contributed by atoms with E-state index in [4.69, 9.17) is 11.5 Å². The number of pyridine rings is 1. The standard InChI is InChI=1S/C19H18N4OS/c1-10(2)8-12-13(9-20)18(22)23-19-14(12)15(21)17(25-19)16(24)11-6-4-3-5-7-11/h3-7,10H,8,21H2,1-2H3,(H2,22,23). The molecule has 1 aromatic carbocycles. The van der Waals surface area contributed by atoms with Crippen molar-refractivity contribution in [1.29, 1.82) is 5.26 Å². The molecule has 2 aromatic heterocycles. The zero-order chi connectivity index (χ0) is 18.1. The van der Waals surface area contributed by atoms with Gasteiger partial charge in [0.25, 0.3) is 0 Å². The minimum Gasteiger partial charge on any atom is -0.397 e. The van der Waals surface area contributed by atoms with Gasteiger partial charge in [-0.15, -0.1) is 11.3 Å². The van der Waals surface area contributed by atoms with Gasteiger partial charge in [0.15, 0.2) is 0 Å². The Morgan fingerprint density at radius 2 is 1.96 bits per heavy atom. The molecule has 0 bridgehead atoms. The van der Waals surface area contributed by atoms with Gasteiger partial charge in [0.05, 0.1) is 11.3 Å². The van der Waals surface area contributed by atoms with Crippen LogP contribution in [0.1, 0.15) is 40.2 Å². The molecule has 0 aliphatic carbocycles. The zero-order valence-corrected chi connectivity index (χ0v) is 14.9. The first-order valence-corrected chi connectivity index (χ1v) is 8.75. The Morgan fingerprint density at radius 3 is 2.56 bits per heavy atom. The van der Waals surface area contributed by atoms with E-state index in [1.54, 1.807) is 12.1 Å². The van der Waals surface area contributed by atoms with Crippen LogP contribution in [0.25, 0.3) is 10.2 Å². The highest BCUT2D eigenvalue weighted by molar-refractivity contribution is 7.21. The number of benzene rings is 1. The summed E-state index contributed by atoms with van der Waals surface area (Å²) in [6.45, 7) is 4.12. The number of nitrogen functional groups attached to an aromatic ring is 2. The van der Waals surface area contributed by atoms with Crippen LogP contribution in [0.5, 0.6) is 0 Å². The molecule has 0 fully saturated rings. The van der Waals surface area contributed by atoms with Gasteiger partial charge >= 0.3 is 0 Å². The summed E-state index contributed by atoms with van der Waals surface area (Å²) < 4.78 is 0. The van der Waals surface area contributed by atoms with Crippen LogP contribution in [-0.2, 0) is 6.42 Å². The minimum absolute atomic E-state index is 0.145. The summed E-state index contributed by atoms with van der Waals surface area (Å²) in [5.74, 6) is 0.351. The molecule has 0 radical (unpaired) electrons. The van der Waals surface area contributed by atoms with Crippen molar-refractivity contribution in [2.45, 2.75) is 20.3 Å². The van der Waals surface area contributed by atoms with Crippen LogP contribution in [0.15, 0.2) is 30.3 Å². The van der Waals surface area contributed by atoms with Gasteiger partial charge in [0.1, 0.15) is 21.6 Å². The second kappa shape index (κ2) is 6.54. The number of rotatable bonds is 4. The maximum Gasteiger partial charge on any atom is 0.205 e. The Hall–Kier alpha value is -2.91. The van der Waals surface area contributed by atoms with Gasteiger partial charge in [0.2, 0.25) is 5.78 Å². The van der Waals surface area contributed by atoms with Crippen molar-refractivity contribution < 1.29 is 4.79 Å². The summed E-state index contributed by atoms with van der Waals surface area (Å²) in [4.78, 5) is 18.2. The second-order valence-electron chi connectivity index (χ2n) is 6.28. The van der Waals surface area contributed by atoms with E-state index in [2.05, 4.69) is 24.9 Å². The van der Waals surface area contributed by atoms with Gasteiger partial charge in [-0.25, -0.2) is 4.98 Å².